The summed E-state index contributed by atoms with van der Waals surface area (Å²) in [4.78, 5) is 8.56. The summed E-state index contributed by atoms with van der Waals surface area (Å²) in [5, 5.41) is 0.687. The number of nitrogens with zero attached hydrogens (tertiary/aromatic N) is 2. The average Bonchev–Trinajstić information content (AvgIpc) is 2.92. The van der Waals surface area contributed by atoms with Crippen molar-refractivity contribution < 1.29 is 9.13 Å². The van der Waals surface area contributed by atoms with Crippen LogP contribution >= 0.6 is 0 Å². The molecule has 0 radical (unpaired) electrons. The van der Waals surface area contributed by atoms with Crippen LogP contribution < -0.4 is 0 Å². The molecule has 2 aromatic rings. The lowest BCUT2D eigenvalue weighted by Crippen LogP contribution is -2.03. The number of hydrogen-bond acceptors (Lipinski definition) is 3. The van der Waals surface area contributed by atoms with Crippen LogP contribution in [0.25, 0.3) is 17.0 Å². The highest BCUT2D eigenvalue weighted by atomic mass is 19.1. The molecule has 1 unspecified atom stereocenters. The van der Waals surface area contributed by atoms with Gasteiger partial charge in [-0.1, -0.05) is 12.7 Å². The van der Waals surface area contributed by atoms with Crippen LogP contribution in [0.4, 0.5) is 4.39 Å². The van der Waals surface area contributed by atoms with Gasteiger partial charge >= 0.3 is 0 Å². The van der Waals surface area contributed by atoms with E-state index in [1.165, 1.54) is 6.07 Å². The zero-order valence-electron chi connectivity index (χ0n) is 9.90. The first-order valence-electron chi connectivity index (χ1n) is 5.98. The van der Waals surface area contributed by atoms with E-state index in [1.807, 2.05) is 6.07 Å². The number of rotatable bonds is 2. The van der Waals surface area contributed by atoms with E-state index >= 15 is 0 Å². The molecule has 1 aromatic heterocycles. The van der Waals surface area contributed by atoms with Crippen molar-refractivity contribution in [2.24, 2.45) is 0 Å². The van der Waals surface area contributed by atoms with Crippen LogP contribution in [0.3, 0.4) is 0 Å². The van der Waals surface area contributed by atoms with Crippen molar-refractivity contribution in [3.8, 4) is 0 Å². The van der Waals surface area contributed by atoms with Gasteiger partial charge in [-0.25, -0.2) is 14.4 Å². The van der Waals surface area contributed by atoms with Crippen LogP contribution in [0.5, 0.6) is 0 Å². The second kappa shape index (κ2) is 4.46. The summed E-state index contributed by atoms with van der Waals surface area (Å²) in [5.41, 5.74) is 1.08. The van der Waals surface area contributed by atoms with Crippen molar-refractivity contribution in [2.75, 3.05) is 6.61 Å². The monoisotopic (exact) mass is 244 g/mol. The van der Waals surface area contributed by atoms with Crippen molar-refractivity contribution in [2.45, 2.75) is 18.9 Å². The lowest BCUT2D eigenvalue weighted by Gasteiger charge is -2.09. The molecule has 0 N–H and O–H groups in total. The van der Waals surface area contributed by atoms with Gasteiger partial charge in [-0.3, -0.25) is 0 Å². The molecule has 1 saturated heterocycles. The number of halogens is 1. The van der Waals surface area contributed by atoms with Gasteiger partial charge in [0.2, 0.25) is 0 Å². The molecule has 1 atom stereocenters. The molecule has 0 spiro atoms. The molecule has 1 aliphatic heterocycles. The first-order valence-corrected chi connectivity index (χ1v) is 5.98. The molecule has 92 valence electrons. The van der Waals surface area contributed by atoms with Crippen LogP contribution in [0.1, 0.15) is 30.3 Å². The van der Waals surface area contributed by atoms with E-state index in [2.05, 4.69) is 16.5 Å². The number of hydrogen-bond donors (Lipinski definition) is 0. The maximum absolute atomic E-state index is 13.9. The molecule has 3 nitrogen and oxygen atoms in total. The van der Waals surface area contributed by atoms with E-state index in [0.29, 0.717) is 16.7 Å². The molecule has 1 aliphatic rings. The minimum Gasteiger partial charge on any atom is -0.370 e. The van der Waals surface area contributed by atoms with Gasteiger partial charge in [-0.15, -0.1) is 0 Å². The lowest BCUT2D eigenvalue weighted by molar-refractivity contribution is 0.105. The number of benzene rings is 1. The van der Waals surface area contributed by atoms with Gasteiger partial charge < -0.3 is 4.74 Å². The molecule has 0 saturated carbocycles. The largest absolute Gasteiger partial charge is 0.370 e. The standard InChI is InChI=1S/C14H13FN2O/c1-2-9-6-10-8-16-14(12-4-3-5-18-12)17-13(10)11(15)7-9/h2,6-8,12H,1,3-5H2. The first-order chi connectivity index (χ1) is 8.78. The average molecular weight is 244 g/mol. The molecule has 3 rings (SSSR count). The Balaban J connectivity index is 2.11. The molecular formula is C14H13FN2O. The molecular weight excluding hydrogens is 231 g/mol. The second-order valence-corrected chi connectivity index (χ2v) is 4.37. The van der Waals surface area contributed by atoms with Crippen molar-refractivity contribution >= 4 is 17.0 Å². The molecule has 0 bridgehead atoms. The van der Waals surface area contributed by atoms with E-state index in [-0.39, 0.29) is 11.9 Å². The SMILES string of the molecule is C=Cc1cc(F)c2nc(C3CCCO3)ncc2c1. The third-order valence-electron chi connectivity index (χ3n) is 3.13. The van der Waals surface area contributed by atoms with Gasteiger partial charge in [0, 0.05) is 18.2 Å². The smallest absolute Gasteiger partial charge is 0.157 e. The Morgan fingerprint density at radius 1 is 1.44 bits per heavy atom. The third-order valence-corrected chi connectivity index (χ3v) is 3.13. The maximum atomic E-state index is 13.9. The summed E-state index contributed by atoms with van der Waals surface area (Å²) in [6.07, 6.45) is 5.07. The fraction of sp³-hybridized carbons (Fsp3) is 0.286. The normalized spacial score (nSPS) is 19.3. The molecule has 0 aliphatic carbocycles. The Kier molecular flexibility index (Phi) is 2.80. The van der Waals surface area contributed by atoms with Crippen LogP contribution in [0.15, 0.2) is 24.9 Å². The maximum Gasteiger partial charge on any atom is 0.157 e. The number of ether oxygens (including phenoxy) is 1. The quantitative estimate of drug-likeness (QED) is 0.813. The molecule has 1 fully saturated rings. The molecule has 1 aromatic carbocycles. The topological polar surface area (TPSA) is 35.0 Å². The highest BCUT2D eigenvalue weighted by molar-refractivity contribution is 5.81. The van der Waals surface area contributed by atoms with Crippen molar-refractivity contribution in [3.05, 3.63) is 42.1 Å². The molecule has 18 heavy (non-hydrogen) atoms. The minimum absolute atomic E-state index is 0.0899. The minimum atomic E-state index is -0.343. The Bertz CT molecular complexity index is 606. The van der Waals surface area contributed by atoms with Crippen molar-refractivity contribution in [3.63, 3.8) is 0 Å². The van der Waals surface area contributed by atoms with Crippen LogP contribution in [-0.2, 0) is 4.74 Å². The van der Waals surface area contributed by atoms with Crippen molar-refractivity contribution in [1.82, 2.24) is 9.97 Å². The van der Waals surface area contributed by atoms with Gasteiger partial charge in [0.15, 0.2) is 5.82 Å². The predicted octanol–water partition coefficient (Wildman–Crippen LogP) is 3.26. The van der Waals surface area contributed by atoms with E-state index in [4.69, 9.17) is 4.74 Å². The Morgan fingerprint density at radius 3 is 3.06 bits per heavy atom. The van der Waals surface area contributed by atoms with E-state index in [1.54, 1.807) is 12.3 Å². The number of fused-ring (bicyclic) bond motifs is 1. The van der Waals surface area contributed by atoms with Gasteiger partial charge in [0.05, 0.1) is 0 Å². The fourth-order valence-corrected chi connectivity index (χ4v) is 2.19. The third kappa shape index (κ3) is 1.88. The fourth-order valence-electron chi connectivity index (χ4n) is 2.19. The predicted molar refractivity (Wildman–Crippen MR) is 67.5 cm³/mol. The van der Waals surface area contributed by atoms with Gasteiger partial charge in [-0.2, -0.15) is 0 Å². The zero-order valence-corrected chi connectivity index (χ0v) is 9.90. The second-order valence-electron chi connectivity index (χ2n) is 4.37. The van der Waals surface area contributed by atoms with Gasteiger partial charge in [-0.05, 0) is 30.5 Å². The van der Waals surface area contributed by atoms with Gasteiger partial charge in [0.1, 0.15) is 17.4 Å². The Morgan fingerprint density at radius 2 is 2.33 bits per heavy atom. The van der Waals surface area contributed by atoms with Crippen molar-refractivity contribution in [1.29, 1.82) is 0 Å². The zero-order chi connectivity index (χ0) is 12.5. The Labute approximate surface area is 104 Å². The van der Waals surface area contributed by atoms with E-state index in [0.717, 1.165) is 25.0 Å². The summed E-state index contributed by atoms with van der Waals surface area (Å²) in [6, 6.07) is 3.26. The molecule has 2 heterocycles. The molecule has 4 heteroatoms. The summed E-state index contributed by atoms with van der Waals surface area (Å²) in [7, 11) is 0. The highest BCUT2D eigenvalue weighted by Crippen LogP contribution is 2.27. The summed E-state index contributed by atoms with van der Waals surface area (Å²) in [5.74, 6) is 0.231. The van der Waals surface area contributed by atoms with E-state index < -0.39 is 0 Å². The van der Waals surface area contributed by atoms with Crippen LogP contribution in [0, 0.1) is 5.82 Å². The highest BCUT2D eigenvalue weighted by Gasteiger charge is 2.21. The van der Waals surface area contributed by atoms with Gasteiger partial charge in [0.25, 0.3) is 0 Å². The van der Waals surface area contributed by atoms with Crippen LogP contribution in [-0.4, -0.2) is 16.6 Å². The number of aromatic nitrogens is 2. The summed E-state index contributed by atoms with van der Waals surface area (Å²) >= 11 is 0. The first kappa shape index (κ1) is 11.3. The summed E-state index contributed by atoms with van der Waals surface area (Å²) < 4.78 is 19.4. The lowest BCUT2D eigenvalue weighted by atomic mass is 10.1. The van der Waals surface area contributed by atoms with Crippen LogP contribution in [0.2, 0.25) is 0 Å². The summed E-state index contributed by atoms with van der Waals surface area (Å²) in [6.45, 7) is 4.36. The van der Waals surface area contributed by atoms with E-state index in [9.17, 15) is 4.39 Å². The Hall–Kier alpha value is -1.81. The molecule has 0 amide bonds.